The van der Waals surface area contributed by atoms with Crippen molar-refractivity contribution in [2.45, 2.75) is 17.4 Å². The van der Waals surface area contributed by atoms with E-state index < -0.39 is 33.7 Å². The standard InChI is InChI=1S/C20H19ClFN3O4S/c21-14-5-7-15(8-6-14)30(28,29)24-11-9-23(10-12-24)18-13-19(26)25(20(18)27)17-4-2-1-3-16(17)22/h1-8,18H,9-13H2/t18-/m1/s1. The molecule has 2 aromatic carbocycles. The van der Waals surface area contributed by atoms with Gasteiger partial charge in [0.1, 0.15) is 5.82 Å². The molecule has 30 heavy (non-hydrogen) atoms. The van der Waals surface area contributed by atoms with Crippen LogP contribution in [-0.2, 0) is 19.6 Å². The molecule has 2 aromatic rings. The van der Waals surface area contributed by atoms with Gasteiger partial charge in [0, 0.05) is 31.2 Å². The van der Waals surface area contributed by atoms with Gasteiger partial charge in [0.25, 0.3) is 5.91 Å². The summed E-state index contributed by atoms with van der Waals surface area (Å²) in [6, 6.07) is 10.9. The fraction of sp³-hybridized carbons (Fsp3) is 0.300. The molecule has 2 amide bonds. The molecular formula is C20H19ClFN3O4S. The minimum atomic E-state index is -3.67. The van der Waals surface area contributed by atoms with E-state index in [1.54, 1.807) is 11.0 Å². The van der Waals surface area contributed by atoms with Crippen LogP contribution in [0.4, 0.5) is 10.1 Å². The van der Waals surface area contributed by atoms with E-state index in [2.05, 4.69) is 0 Å². The summed E-state index contributed by atoms with van der Waals surface area (Å²) >= 11 is 5.83. The molecular weight excluding hydrogens is 433 g/mol. The van der Waals surface area contributed by atoms with Gasteiger partial charge in [0.2, 0.25) is 15.9 Å². The Kier molecular flexibility index (Phi) is 5.63. The topological polar surface area (TPSA) is 78.0 Å². The lowest BCUT2D eigenvalue weighted by molar-refractivity contribution is -0.123. The third kappa shape index (κ3) is 3.74. The Bertz CT molecular complexity index is 1090. The molecule has 7 nitrogen and oxygen atoms in total. The van der Waals surface area contributed by atoms with Gasteiger partial charge in [-0.2, -0.15) is 4.31 Å². The number of nitrogens with zero attached hydrogens (tertiary/aromatic N) is 3. The van der Waals surface area contributed by atoms with Crippen molar-refractivity contribution >= 4 is 39.1 Å². The van der Waals surface area contributed by atoms with E-state index in [0.717, 1.165) is 4.90 Å². The van der Waals surface area contributed by atoms with Gasteiger partial charge in [-0.05, 0) is 36.4 Å². The van der Waals surface area contributed by atoms with Crippen molar-refractivity contribution in [3.63, 3.8) is 0 Å². The fourth-order valence-electron chi connectivity index (χ4n) is 3.80. The number of imide groups is 1. The number of para-hydroxylation sites is 1. The molecule has 0 N–H and O–H groups in total. The SMILES string of the molecule is O=C1C[C@@H](N2CCN(S(=O)(=O)c3ccc(Cl)cc3)CC2)C(=O)N1c1ccccc1F. The number of carbonyl (C=O) groups excluding carboxylic acids is 2. The monoisotopic (exact) mass is 451 g/mol. The summed E-state index contributed by atoms with van der Waals surface area (Å²) in [6.45, 7) is 0.953. The predicted octanol–water partition coefficient (Wildman–Crippen LogP) is 2.12. The molecule has 2 aliphatic rings. The first-order chi connectivity index (χ1) is 14.3. The molecule has 2 saturated heterocycles. The highest BCUT2D eigenvalue weighted by Gasteiger charge is 2.44. The Hall–Kier alpha value is -2.33. The molecule has 0 radical (unpaired) electrons. The fourth-order valence-corrected chi connectivity index (χ4v) is 5.35. The number of piperazine rings is 1. The Morgan fingerprint density at radius 2 is 1.57 bits per heavy atom. The van der Waals surface area contributed by atoms with Crippen LogP contribution in [0.2, 0.25) is 5.02 Å². The lowest BCUT2D eigenvalue weighted by atomic mass is 10.2. The van der Waals surface area contributed by atoms with Crippen LogP contribution in [-0.4, -0.2) is 61.7 Å². The number of hydrogen-bond donors (Lipinski definition) is 0. The summed E-state index contributed by atoms with van der Waals surface area (Å²) in [6.07, 6.45) is -0.0584. The van der Waals surface area contributed by atoms with Crippen LogP contribution < -0.4 is 4.90 Å². The van der Waals surface area contributed by atoms with Crippen LogP contribution in [0.5, 0.6) is 0 Å². The normalized spacial score (nSPS) is 21.4. The summed E-state index contributed by atoms with van der Waals surface area (Å²) in [5, 5.41) is 0.447. The Morgan fingerprint density at radius 1 is 0.933 bits per heavy atom. The minimum absolute atomic E-state index is 0.0565. The highest BCUT2D eigenvalue weighted by atomic mass is 35.5. The number of anilines is 1. The van der Waals surface area contributed by atoms with Gasteiger partial charge < -0.3 is 0 Å². The molecule has 0 bridgehead atoms. The van der Waals surface area contributed by atoms with Gasteiger partial charge in [-0.1, -0.05) is 23.7 Å². The number of rotatable bonds is 4. The summed E-state index contributed by atoms with van der Waals surface area (Å²) in [7, 11) is -3.67. The lowest BCUT2D eigenvalue weighted by Gasteiger charge is -2.36. The van der Waals surface area contributed by atoms with Crippen LogP contribution in [0.1, 0.15) is 6.42 Å². The Balaban J connectivity index is 1.46. The largest absolute Gasteiger partial charge is 0.289 e. The molecule has 1 atom stereocenters. The van der Waals surface area contributed by atoms with Gasteiger partial charge in [0.15, 0.2) is 0 Å². The molecule has 0 spiro atoms. The van der Waals surface area contributed by atoms with Crippen LogP contribution in [0.3, 0.4) is 0 Å². The third-order valence-corrected chi connectivity index (χ3v) is 7.55. The maximum absolute atomic E-state index is 14.1. The first-order valence-corrected chi connectivity index (χ1v) is 11.2. The van der Waals surface area contributed by atoms with Crippen LogP contribution in [0.15, 0.2) is 53.4 Å². The quantitative estimate of drug-likeness (QED) is 0.665. The summed E-state index contributed by atoms with van der Waals surface area (Å²) in [5.74, 6) is -1.59. The maximum Gasteiger partial charge on any atom is 0.251 e. The van der Waals surface area contributed by atoms with Crippen molar-refractivity contribution in [1.82, 2.24) is 9.21 Å². The number of carbonyl (C=O) groups is 2. The van der Waals surface area contributed by atoms with E-state index in [-0.39, 0.29) is 30.1 Å². The molecule has 2 heterocycles. The van der Waals surface area contributed by atoms with E-state index >= 15 is 0 Å². The molecule has 2 fully saturated rings. The number of halogens is 2. The van der Waals surface area contributed by atoms with E-state index in [0.29, 0.717) is 18.1 Å². The second kappa shape index (κ2) is 8.07. The van der Waals surface area contributed by atoms with Gasteiger partial charge in [-0.25, -0.2) is 17.7 Å². The molecule has 4 rings (SSSR count). The van der Waals surface area contributed by atoms with Gasteiger partial charge in [0.05, 0.1) is 23.0 Å². The van der Waals surface area contributed by atoms with E-state index in [9.17, 15) is 22.4 Å². The second-order valence-electron chi connectivity index (χ2n) is 7.13. The van der Waals surface area contributed by atoms with Gasteiger partial charge in [-0.15, -0.1) is 0 Å². The highest BCUT2D eigenvalue weighted by molar-refractivity contribution is 7.89. The zero-order chi connectivity index (χ0) is 21.5. The summed E-state index contributed by atoms with van der Waals surface area (Å²) in [4.78, 5) is 28.1. The zero-order valence-electron chi connectivity index (χ0n) is 15.9. The van der Waals surface area contributed by atoms with Crippen LogP contribution in [0.25, 0.3) is 0 Å². The predicted molar refractivity (Wildman–Crippen MR) is 109 cm³/mol. The van der Waals surface area contributed by atoms with Crippen molar-refractivity contribution < 1.29 is 22.4 Å². The summed E-state index contributed by atoms with van der Waals surface area (Å²) in [5.41, 5.74) is -0.0565. The van der Waals surface area contributed by atoms with Crippen LogP contribution in [0, 0.1) is 5.82 Å². The Labute approximate surface area is 178 Å². The minimum Gasteiger partial charge on any atom is -0.289 e. The van der Waals surface area contributed by atoms with Crippen molar-refractivity contribution in [3.05, 3.63) is 59.4 Å². The molecule has 10 heteroatoms. The van der Waals surface area contributed by atoms with E-state index in [1.807, 2.05) is 0 Å². The van der Waals surface area contributed by atoms with Crippen molar-refractivity contribution in [2.24, 2.45) is 0 Å². The van der Waals surface area contributed by atoms with E-state index in [1.165, 1.54) is 46.8 Å². The molecule has 0 aromatic heterocycles. The van der Waals surface area contributed by atoms with Crippen molar-refractivity contribution in [1.29, 1.82) is 0 Å². The molecule has 0 aliphatic carbocycles. The molecule has 158 valence electrons. The van der Waals surface area contributed by atoms with Crippen LogP contribution >= 0.6 is 11.6 Å². The van der Waals surface area contributed by atoms with Crippen molar-refractivity contribution in [3.8, 4) is 0 Å². The number of hydrogen-bond acceptors (Lipinski definition) is 5. The highest BCUT2D eigenvalue weighted by Crippen LogP contribution is 2.29. The molecule has 0 unspecified atom stereocenters. The zero-order valence-corrected chi connectivity index (χ0v) is 17.4. The first kappa shape index (κ1) is 20.9. The molecule has 2 aliphatic heterocycles. The maximum atomic E-state index is 14.1. The molecule has 0 saturated carbocycles. The smallest absolute Gasteiger partial charge is 0.251 e. The van der Waals surface area contributed by atoms with Gasteiger partial charge in [-0.3, -0.25) is 14.5 Å². The van der Waals surface area contributed by atoms with E-state index in [4.69, 9.17) is 11.6 Å². The Morgan fingerprint density at radius 3 is 2.20 bits per heavy atom. The number of sulfonamides is 1. The average molecular weight is 452 g/mol. The summed E-state index contributed by atoms with van der Waals surface area (Å²) < 4.78 is 41.1. The third-order valence-electron chi connectivity index (χ3n) is 5.38. The lowest BCUT2D eigenvalue weighted by Crippen LogP contribution is -2.53. The van der Waals surface area contributed by atoms with Crippen molar-refractivity contribution in [2.75, 3.05) is 31.1 Å². The number of amides is 2. The first-order valence-electron chi connectivity index (χ1n) is 9.40. The van der Waals surface area contributed by atoms with Gasteiger partial charge >= 0.3 is 0 Å². The second-order valence-corrected chi connectivity index (χ2v) is 9.51. The average Bonchev–Trinajstić information content (AvgIpc) is 3.03. The number of benzene rings is 2.